The summed E-state index contributed by atoms with van der Waals surface area (Å²) in [4.78, 5) is 2.31. The van der Waals surface area contributed by atoms with Crippen LogP contribution in [-0.4, -0.2) is 43.0 Å². The van der Waals surface area contributed by atoms with Crippen molar-refractivity contribution in [3.63, 3.8) is 0 Å². The molecule has 1 saturated heterocycles. The van der Waals surface area contributed by atoms with E-state index in [0.717, 1.165) is 6.54 Å². The molecule has 1 aliphatic carbocycles. The van der Waals surface area contributed by atoms with Crippen LogP contribution in [0.3, 0.4) is 0 Å². The quantitative estimate of drug-likeness (QED) is 0.382. The van der Waals surface area contributed by atoms with Crippen LogP contribution in [0.4, 0.5) is 0 Å². The molecule has 0 aromatic rings. The second-order valence-electron chi connectivity index (χ2n) is 4.03. The highest BCUT2D eigenvalue weighted by molar-refractivity contribution is 5.39. The van der Waals surface area contributed by atoms with Crippen LogP contribution in [0.15, 0.2) is 24.8 Å². The highest BCUT2D eigenvalue weighted by atomic mass is 16.7. The molecule has 1 fully saturated rings. The summed E-state index contributed by atoms with van der Waals surface area (Å²) in [5, 5.41) is 0. The van der Waals surface area contributed by atoms with E-state index in [0.29, 0.717) is 6.04 Å². The van der Waals surface area contributed by atoms with Crippen LogP contribution in [0.1, 0.15) is 6.92 Å². The zero-order valence-corrected chi connectivity index (χ0v) is 8.99. The Morgan fingerprint density at radius 3 is 2.57 bits per heavy atom. The van der Waals surface area contributed by atoms with Gasteiger partial charge >= 0.3 is 0 Å². The number of hydrogen-bond acceptors (Lipinski definition) is 3. The summed E-state index contributed by atoms with van der Waals surface area (Å²) in [6.45, 7) is 6.82. The fourth-order valence-corrected chi connectivity index (χ4v) is 2.54. The van der Waals surface area contributed by atoms with Crippen molar-refractivity contribution in [3.8, 4) is 0 Å². The number of fused-ring (bicyclic) bond motifs is 1. The van der Waals surface area contributed by atoms with Crippen molar-refractivity contribution >= 4 is 0 Å². The molecule has 0 radical (unpaired) electrons. The van der Waals surface area contributed by atoms with Gasteiger partial charge in [-0.2, -0.15) is 0 Å². The minimum atomic E-state index is -0.558. The molecule has 3 atom stereocenters. The van der Waals surface area contributed by atoms with Crippen molar-refractivity contribution in [2.24, 2.45) is 0 Å². The highest BCUT2D eigenvalue weighted by Gasteiger charge is 2.70. The maximum Gasteiger partial charge on any atom is 0.205 e. The molecule has 2 aliphatic rings. The van der Waals surface area contributed by atoms with Gasteiger partial charge in [0, 0.05) is 20.8 Å². The van der Waals surface area contributed by atoms with Crippen molar-refractivity contribution in [1.82, 2.24) is 4.90 Å². The van der Waals surface area contributed by atoms with Crippen molar-refractivity contribution in [1.29, 1.82) is 0 Å². The van der Waals surface area contributed by atoms with Crippen molar-refractivity contribution < 1.29 is 9.47 Å². The molecule has 1 heterocycles. The summed E-state index contributed by atoms with van der Waals surface area (Å²) in [5.74, 6) is -0.558. The Bertz CT molecular complexity index is 283. The third-order valence-electron chi connectivity index (χ3n) is 3.41. The predicted molar refractivity (Wildman–Crippen MR) is 55.0 cm³/mol. The molecule has 0 saturated carbocycles. The van der Waals surface area contributed by atoms with Crippen molar-refractivity contribution in [2.75, 3.05) is 20.8 Å². The lowest BCUT2D eigenvalue weighted by atomic mass is 10.1. The average molecular weight is 195 g/mol. The molecule has 78 valence electrons. The van der Waals surface area contributed by atoms with E-state index < -0.39 is 5.79 Å². The molecule has 1 unspecified atom stereocenters. The lowest BCUT2D eigenvalue weighted by Gasteiger charge is -2.26. The molecule has 0 aromatic carbocycles. The molecule has 3 heteroatoms. The van der Waals surface area contributed by atoms with Gasteiger partial charge in [0.15, 0.2) is 0 Å². The summed E-state index contributed by atoms with van der Waals surface area (Å²) in [5.41, 5.74) is 0.0974. The SMILES string of the molecule is C=CCN1[C@@H]2C(OC)(OC)C=C[C@@]21C. The van der Waals surface area contributed by atoms with Crippen LogP contribution in [0.2, 0.25) is 0 Å². The van der Waals surface area contributed by atoms with E-state index in [1.165, 1.54) is 0 Å². The predicted octanol–water partition coefficient (Wildman–Crippen LogP) is 1.17. The topological polar surface area (TPSA) is 21.5 Å². The Hall–Kier alpha value is -0.640. The average Bonchev–Trinajstić information content (AvgIpc) is 2.67. The van der Waals surface area contributed by atoms with Gasteiger partial charge in [0.25, 0.3) is 0 Å². The van der Waals surface area contributed by atoms with E-state index in [1.54, 1.807) is 14.2 Å². The number of rotatable bonds is 4. The molecule has 0 bridgehead atoms. The normalized spacial score (nSPS) is 42.2. The zero-order valence-electron chi connectivity index (χ0n) is 8.99. The van der Waals surface area contributed by atoms with E-state index in [9.17, 15) is 0 Å². The second kappa shape index (κ2) is 2.92. The van der Waals surface area contributed by atoms with Crippen LogP contribution < -0.4 is 0 Å². The Balaban J connectivity index is 2.21. The Labute approximate surface area is 85.0 Å². The van der Waals surface area contributed by atoms with Gasteiger partial charge < -0.3 is 9.47 Å². The van der Waals surface area contributed by atoms with Gasteiger partial charge in [-0.1, -0.05) is 12.2 Å². The first-order chi connectivity index (χ1) is 6.64. The number of ether oxygens (including phenoxy) is 2. The molecule has 14 heavy (non-hydrogen) atoms. The molecule has 0 aromatic heterocycles. The summed E-state index contributed by atoms with van der Waals surface area (Å²) in [7, 11) is 3.37. The Kier molecular flexibility index (Phi) is 2.07. The number of hydrogen-bond donors (Lipinski definition) is 0. The van der Waals surface area contributed by atoms with Gasteiger partial charge in [-0.05, 0) is 13.0 Å². The van der Waals surface area contributed by atoms with E-state index in [1.807, 2.05) is 12.2 Å². The van der Waals surface area contributed by atoms with Gasteiger partial charge in [0.2, 0.25) is 5.79 Å². The van der Waals surface area contributed by atoms with Crippen LogP contribution >= 0.6 is 0 Å². The van der Waals surface area contributed by atoms with Crippen LogP contribution in [0, 0.1) is 0 Å². The van der Waals surface area contributed by atoms with Gasteiger partial charge in [0.1, 0.15) is 0 Å². The minimum Gasteiger partial charge on any atom is -0.348 e. The second-order valence-corrected chi connectivity index (χ2v) is 4.03. The molecule has 3 nitrogen and oxygen atoms in total. The lowest BCUT2D eigenvalue weighted by Crippen LogP contribution is -2.38. The fraction of sp³-hybridized carbons (Fsp3) is 0.636. The van der Waals surface area contributed by atoms with Gasteiger partial charge in [-0.15, -0.1) is 6.58 Å². The van der Waals surface area contributed by atoms with Crippen molar-refractivity contribution in [3.05, 3.63) is 24.8 Å². The molecule has 2 rings (SSSR count). The van der Waals surface area contributed by atoms with Crippen molar-refractivity contribution in [2.45, 2.75) is 24.3 Å². The van der Waals surface area contributed by atoms with Gasteiger partial charge in [-0.25, -0.2) is 0 Å². The maximum atomic E-state index is 5.46. The maximum absolute atomic E-state index is 5.46. The minimum absolute atomic E-state index is 0.0974. The third kappa shape index (κ3) is 0.975. The first kappa shape index (κ1) is 9.90. The monoisotopic (exact) mass is 195 g/mol. The highest BCUT2D eigenvalue weighted by Crippen LogP contribution is 2.54. The fourth-order valence-electron chi connectivity index (χ4n) is 2.54. The van der Waals surface area contributed by atoms with E-state index in [-0.39, 0.29) is 5.54 Å². The third-order valence-corrected chi connectivity index (χ3v) is 3.41. The number of nitrogens with zero attached hydrogens (tertiary/aromatic N) is 1. The first-order valence-electron chi connectivity index (χ1n) is 4.83. The molecule has 0 amide bonds. The molecule has 0 spiro atoms. The smallest absolute Gasteiger partial charge is 0.205 e. The Morgan fingerprint density at radius 2 is 2.07 bits per heavy atom. The molecular weight excluding hydrogens is 178 g/mol. The summed E-state index contributed by atoms with van der Waals surface area (Å²) in [6, 6.07) is 0.294. The van der Waals surface area contributed by atoms with E-state index >= 15 is 0 Å². The van der Waals surface area contributed by atoms with Crippen LogP contribution in [0.5, 0.6) is 0 Å². The molecule has 0 N–H and O–H groups in total. The molecular formula is C11H17NO2. The van der Waals surface area contributed by atoms with E-state index in [4.69, 9.17) is 9.47 Å². The summed E-state index contributed by atoms with van der Waals surface area (Å²) < 4.78 is 10.9. The van der Waals surface area contributed by atoms with Crippen LogP contribution in [-0.2, 0) is 9.47 Å². The molecule has 1 aliphatic heterocycles. The Morgan fingerprint density at radius 1 is 1.43 bits per heavy atom. The van der Waals surface area contributed by atoms with E-state index in [2.05, 4.69) is 24.5 Å². The lowest BCUT2D eigenvalue weighted by molar-refractivity contribution is -0.173. The summed E-state index contributed by atoms with van der Waals surface area (Å²) in [6.07, 6.45) is 6.08. The van der Waals surface area contributed by atoms with Gasteiger partial charge in [-0.3, -0.25) is 4.90 Å². The number of methoxy groups -OCH3 is 2. The first-order valence-corrected chi connectivity index (χ1v) is 4.83. The summed E-state index contributed by atoms with van der Waals surface area (Å²) >= 11 is 0. The standard InChI is InChI=1S/C11H17NO2/c1-5-8-12-9-10(12,2)6-7-11(9,13-3)14-4/h5-7,9H,1,8H2,2-4H3/t9-,10-,12?/m0/s1. The zero-order chi connectivity index (χ0) is 10.4. The van der Waals surface area contributed by atoms with Gasteiger partial charge in [0.05, 0.1) is 11.6 Å². The van der Waals surface area contributed by atoms with Crippen LogP contribution in [0.25, 0.3) is 0 Å². The largest absolute Gasteiger partial charge is 0.348 e.